The zero-order chi connectivity index (χ0) is 17.2. The number of furan rings is 2. The van der Waals surface area contributed by atoms with Crippen molar-refractivity contribution < 1.29 is 18.4 Å². The van der Waals surface area contributed by atoms with Crippen LogP contribution in [0.25, 0.3) is 11.0 Å². The van der Waals surface area contributed by atoms with Crippen LogP contribution in [0.1, 0.15) is 27.2 Å². The molecule has 4 heteroatoms. The normalized spacial score (nSPS) is 10.9. The van der Waals surface area contributed by atoms with Crippen molar-refractivity contribution in [1.29, 1.82) is 0 Å². The van der Waals surface area contributed by atoms with Crippen molar-refractivity contribution in [2.75, 3.05) is 0 Å². The summed E-state index contributed by atoms with van der Waals surface area (Å²) >= 11 is 0. The monoisotopic (exact) mass is 332 g/mol. The first-order valence-corrected chi connectivity index (χ1v) is 7.98. The number of fused-ring (bicyclic) bond motifs is 1. The summed E-state index contributed by atoms with van der Waals surface area (Å²) in [6, 6.07) is 17.0. The van der Waals surface area contributed by atoms with Gasteiger partial charge in [-0.1, -0.05) is 29.8 Å². The van der Waals surface area contributed by atoms with Crippen molar-refractivity contribution >= 4 is 16.8 Å². The van der Waals surface area contributed by atoms with Crippen LogP contribution in [0.15, 0.2) is 76.0 Å². The number of benzene rings is 2. The fraction of sp³-hybridized carbons (Fsp3) is 0.0952. The molecule has 0 unspecified atom stereocenters. The number of carbonyl (C=O) groups excluding carboxylic acids is 1. The Balaban J connectivity index is 1.60. The van der Waals surface area contributed by atoms with Gasteiger partial charge in [-0.2, -0.15) is 0 Å². The highest BCUT2D eigenvalue weighted by Crippen LogP contribution is 2.28. The second-order valence-corrected chi connectivity index (χ2v) is 5.89. The number of rotatable bonds is 5. The van der Waals surface area contributed by atoms with E-state index in [1.807, 2.05) is 24.3 Å². The molecule has 2 aromatic heterocycles. The molecule has 4 aromatic rings. The van der Waals surface area contributed by atoms with E-state index in [4.69, 9.17) is 13.6 Å². The van der Waals surface area contributed by atoms with Crippen molar-refractivity contribution in [3.8, 4) is 5.75 Å². The average molecular weight is 332 g/mol. The Labute approximate surface area is 144 Å². The predicted octanol–water partition coefficient (Wildman–Crippen LogP) is 5.14. The zero-order valence-corrected chi connectivity index (χ0v) is 13.7. The van der Waals surface area contributed by atoms with Crippen molar-refractivity contribution in [1.82, 2.24) is 0 Å². The van der Waals surface area contributed by atoms with Crippen LogP contribution in [0.4, 0.5) is 0 Å². The van der Waals surface area contributed by atoms with Crippen LogP contribution in [0.3, 0.4) is 0 Å². The van der Waals surface area contributed by atoms with Crippen LogP contribution in [-0.4, -0.2) is 5.78 Å². The number of hydrogen-bond donors (Lipinski definition) is 0. The minimum absolute atomic E-state index is 0.209. The highest BCUT2D eigenvalue weighted by atomic mass is 16.5. The molecule has 0 saturated carbocycles. The van der Waals surface area contributed by atoms with Gasteiger partial charge in [-0.25, -0.2) is 0 Å². The lowest BCUT2D eigenvalue weighted by molar-refractivity contribution is 0.101. The maximum absolute atomic E-state index is 12.5. The molecule has 0 N–H and O–H groups in total. The van der Waals surface area contributed by atoms with E-state index >= 15 is 0 Å². The van der Waals surface area contributed by atoms with Gasteiger partial charge in [-0.3, -0.25) is 4.79 Å². The molecule has 124 valence electrons. The second-order valence-electron chi connectivity index (χ2n) is 5.89. The summed E-state index contributed by atoms with van der Waals surface area (Å²) in [6.07, 6.45) is 2.94. The topological polar surface area (TPSA) is 52.6 Å². The Kier molecular flexibility index (Phi) is 3.86. The molecular formula is C21H16O4. The van der Waals surface area contributed by atoms with Crippen molar-refractivity contribution in [3.05, 3.63) is 89.6 Å². The summed E-state index contributed by atoms with van der Waals surface area (Å²) < 4.78 is 16.5. The van der Waals surface area contributed by atoms with Gasteiger partial charge in [-0.15, -0.1) is 0 Å². The second kappa shape index (κ2) is 6.32. The van der Waals surface area contributed by atoms with Crippen LogP contribution in [0.5, 0.6) is 5.75 Å². The molecule has 25 heavy (non-hydrogen) atoms. The van der Waals surface area contributed by atoms with Crippen LogP contribution in [0.2, 0.25) is 0 Å². The van der Waals surface area contributed by atoms with E-state index in [2.05, 4.69) is 19.1 Å². The lowest BCUT2D eigenvalue weighted by Gasteiger charge is -2.07. The molecule has 0 aliphatic heterocycles. The summed E-state index contributed by atoms with van der Waals surface area (Å²) in [4.78, 5) is 12.5. The minimum Gasteiger partial charge on any atom is -0.489 e. The summed E-state index contributed by atoms with van der Waals surface area (Å²) in [5, 5.41) is 0.711. The van der Waals surface area contributed by atoms with Gasteiger partial charge < -0.3 is 13.6 Å². The van der Waals surface area contributed by atoms with Crippen LogP contribution < -0.4 is 4.74 Å². The van der Waals surface area contributed by atoms with Gasteiger partial charge in [0.15, 0.2) is 5.76 Å². The molecule has 0 radical (unpaired) electrons. The first-order valence-electron chi connectivity index (χ1n) is 7.98. The van der Waals surface area contributed by atoms with E-state index < -0.39 is 0 Å². The van der Waals surface area contributed by atoms with Crippen molar-refractivity contribution in [2.24, 2.45) is 0 Å². The van der Waals surface area contributed by atoms with Crippen LogP contribution >= 0.6 is 0 Å². The molecule has 0 bridgehead atoms. The highest BCUT2D eigenvalue weighted by Gasteiger charge is 2.18. The van der Waals surface area contributed by atoms with Crippen LogP contribution in [-0.2, 0) is 6.61 Å². The summed E-state index contributed by atoms with van der Waals surface area (Å²) in [5.74, 6) is 0.760. The minimum atomic E-state index is -0.209. The number of ether oxygens (including phenoxy) is 1. The SMILES string of the molecule is Cc1ccc(COc2ccc3occ(C(=O)c4ccco4)c3c2)cc1. The Morgan fingerprint density at radius 1 is 1.04 bits per heavy atom. The number of ketones is 1. The molecule has 0 aliphatic carbocycles. The molecule has 0 fully saturated rings. The Bertz CT molecular complexity index is 1010. The third-order valence-electron chi connectivity index (χ3n) is 4.06. The third-order valence-corrected chi connectivity index (χ3v) is 4.06. The van der Waals surface area contributed by atoms with Gasteiger partial charge in [-0.05, 0) is 42.8 Å². The fourth-order valence-corrected chi connectivity index (χ4v) is 2.67. The van der Waals surface area contributed by atoms with Gasteiger partial charge in [0.1, 0.15) is 24.2 Å². The van der Waals surface area contributed by atoms with E-state index in [1.54, 1.807) is 18.2 Å². The Morgan fingerprint density at radius 3 is 2.64 bits per heavy atom. The van der Waals surface area contributed by atoms with Gasteiger partial charge in [0.05, 0.1) is 11.8 Å². The van der Waals surface area contributed by atoms with E-state index in [-0.39, 0.29) is 11.5 Å². The lowest BCUT2D eigenvalue weighted by Crippen LogP contribution is -1.98. The number of hydrogen-bond acceptors (Lipinski definition) is 4. The van der Waals surface area contributed by atoms with Crippen LogP contribution in [0, 0.1) is 6.92 Å². The molecule has 4 nitrogen and oxygen atoms in total. The lowest BCUT2D eigenvalue weighted by atomic mass is 10.1. The van der Waals surface area contributed by atoms with Crippen molar-refractivity contribution in [3.63, 3.8) is 0 Å². The average Bonchev–Trinajstić information content (AvgIpc) is 3.30. The Morgan fingerprint density at radius 2 is 1.88 bits per heavy atom. The summed E-state index contributed by atoms with van der Waals surface area (Å²) in [7, 11) is 0. The van der Waals surface area contributed by atoms with Crippen molar-refractivity contribution in [2.45, 2.75) is 13.5 Å². The molecule has 0 aliphatic rings. The molecular weight excluding hydrogens is 316 g/mol. The Hall–Kier alpha value is -3.27. The first kappa shape index (κ1) is 15.3. The number of carbonyl (C=O) groups is 1. The molecule has 0 saturated heterocycles. The van der Waals surface area contributed by atoms with Gasteiger partial charge in [0.25, 0.3) is 0 Å². The zero-order valence-electron chi connectivity index (χ0n) is 13.7. The quantitative estimate of drug-likeness (QED) is 0.475. The van der Waals surface area contributed by atoms with E-state index in [0.29, 0.717) is 28.9 Å². The third kappa shape index (κ3) is 3.06. The summed E-state index contributed by atoms with van der Waals surface area (Å²) in [6.45, 7) is 2.51. The standard InChI is InChI=1S/C21H16O4/c1-14-4-6-15(7-5-14)12-24-16-8-9-19-17(11-16)18(13-25-19)21(22)20-3-2-10-23-20/h2-11,13H,12H2,1H3. The van der Waals surface area contributed by atoms with Gasteiger partial charge in [0.2, 0.25) is 5.78 Å². The molecule has 2 aromatic carbocycles. The van der Waals surface area contributed by atoms with Gasteiger partial charge in [0, 0.05) is 5.39 Å². The number of aryl methyl sites for hydroxylation is 1. The summed E-state index contributed by atoms with van der Waals surface area (Å²) in [5.41, 5.74) is 3.40. The fourth-order valence-electron chi connectivity index (χ4n) is 2.67. The van der Waals surface area contributed by atoms with E-state index in [1.165, 1.54) is 18.1 Å². The smallest absolute Gasteiger partial charge is 0.232 e. The molecule has 2 heterocycles. The molecule has 0 atom stereocenters. The van der Waals surface area contributed by atoms with E-state index in [0.717, 1.165) is 5.56 Å². The largest absolute Gasteiger partial charge is 0.489 e. The molecule has 4 rings (SSSR count). The first-order chi connectivity index (χ1) is 12.2. The molecule has 0 amide bonds. The predicted molar refractivity (Wildman–Crippen MR) is 93.9 cm³/mol. The maximum Gasteiger partial charge on any atom is 0.232 e. The highest BCUT2D eigenvalue weighted by molar-refractivity contribution is 6.14. The van der Waals surface area contributed by atoms with E-state index in [9.17, 15) is 4.79 Å². The molecule has 0 spiro atoms. The maximum atomic E-state index is 12.5. The van der Waals surface area contributed by atoms with Gasteiger partial charge >= 0.3 is 0 Å².